The zero-order chi connectivity index (χ0) is 20.1. The number of carbonyl (C=O) groups excluding carboxylic acids is 1. The quantitative estimate of drug-likeness (QED) is 0.483. The van der Waals surface area contributed by atoms with Crippen molar-refractivity contribution < 1.29 is 4.79 Å². The molecule has 0 aliphatic carbocycles. The average molecular weight is 396 g/mol. The van der Waals surface area contributed by atoms with Crippen molar-refractivity contribution >= 4 is 28.6 Å². The van der Waals surface area contributed by atoms with Crippen LogP contribution in [-0.2, 0) is 4.79 Å². The molecule has 146 valence electrons. The molecule has 1 amide bonds. The van der Waals surface area contributed by atoms with Gasteiger partial charge in [-0.2, -0.15) is 0 Å². The van der Waals surface area contributed by atoms with Gasteiger partial charge in [-0.05, 0) is 44.0 Å². The highest BCUT2D eigenvalue weighted by molar-refractivity contribution is 7.99. The number of amides is 1. The van der Waals surface area contributed by atoms with Crippen LogP contribution in [0.2, 0.25) is 0 Å². The highest BCUT2D eigenvalue weighted by Crippen LogP contribution is 2.21. The summed E-state index contributed by atoms with van der Waals surface area (Å²) in [7, 11) is 0. The third-order valence-electron chi connectivity index (χ3n) is 4.72. The summed E-state index contributed by atoms with van der Waals surface area (Å²) in [4.78, 5) is 30.2. The number of nitrogens with one attached hydrogen (secondary N) is 1. The van der Waals surface area contributed by atoms with Gasteiger partial charge in [0.2, 0.25) is 5.91 Å². The lowest BCUT2D eigenvalue weighted by Crippen LogP contribution is -2.35. The van der Waals surface area contributed by atoms with Crippen molar-refractivity contribution in [3.8, 4) is 5.69 Å². The number of aryl methyl sites for hydroxylation is 1. The van der Waals surface area contributed by atoms with Gasteiger partial charge in [-0.3, -0.25) is 14.2 Å². The highest BCUT2D eigenvalue weighted by atomic mass is 32.2. The van der Waals surface area contributed by atoms with Gasteiger partial charge in [0.05, 0.1) is 22.3 Å². The summed E-state index contributed by atoms with van der Waals surface area (Å²) in [6.07, 6.45) is 1.80. The summed E-state index contributed by atoms with van der Waals surface area (Å²) in [6.45, 7) is 6.12. The van der Waals surface area contributed by atoms with Crippen LogP contribution in [0.3, 0.4) is 0 Å². The Balaban J connectivity index is 1.98. The molecule has 1 N–H and O–H groups in total. The topological polar surface area (TPSA) is 64.0 Å². The Kier molecular flexibility index (Phi) is 6.52. The normalized spacial score (nSPS) is 11.1. The van der Waals surface area contributed by atoms with Gasteiger partial charge in [-0.25, -0.2) is 4.98 Å². The molecule has 1 aromatic heterocycles. The molecule has 3 aromatic rings. The molecule has 0 saturated carbocycles. The van der Waals surface area contributed by atoms with E-state index in [4.69, 9.17) is 0 Å². The molecule has 0 bridgehead atoms. The van der Waals surface area contributed by atoms with Crippen LogP contribution < -0.4 is 10.9 Å². The lowest BCUT2D eigenvalue weighted by molar-refractivity contribution is -0.119. The number of fused-ring (bicyclic) bond motifs is 1. The van der Waals surface area contributed by atoms with Crippen molar-refractivity contribution in [3.05, 3.63) is 64.4 Å². The van der Waals surface area contributed by atoms with E-state index in [1.807, 2.05) is 49.4 Å². The van der Waals surface area contributed by atoms with Crippen molar-refractivity contribution in [2.45, 2.75) is 44.8 Å². The number of hydrogen-bond acceptors (Lipinski definition) is 4. The van der Waals surface area contributed by atoms with Crippen LogP contribution in [0.1, 0.15) is 32.3 Å². The predicted octanol–water partition coefficient (Wildman–Crippen LogP) is 4.09. The molecule has 0 saturated heterocycles. The summed E-state index contributed by atoms with van der Waals surface area (Å²) in [5.41, 5.74) is 2.37. The van der Waals surface area contributed by atoms with Crippen molar-refractivity contribution in [1.82, 2.24) is 14.9 Å². The van der Waals surface area contributed by atoms with E-state index in [1.165, 1.54) is 11.8 Å². The smallest absolute Gasteiger partial charge is 0.266 e. The maximum Gasteiger partial charge on any atom is 0.266 e. The minimum Gasteiger partial charge on any atom is -0.353 e. The molecule has 5 nitrogen and oxygen atoms in total. The molecule has 0 aliphatic rings. The molecule has 0 atom stereocenters. The number of thioether (sulfide) groups is 1. The first-order chi connectivity index (χ1) is 13.5. The molecule has 3 rings (SSSR count). The molecule has 0 unspecified atom stereocenters. The first kappa shape index (κ1) is 20.1. The van der Waals surface area contributed by atoms with E-state index in [2.05, 4.69) is 24.1 Å². The first-order valence-corrected chi connectivity index (χ1v) is 10.5. The largest absolute Gasteiger partial charge is 0.353 e. The van der Waals surface area contributed by atoms with Crippen LogP contribution in [0.5, 0.6) is 0 Å². The minimum absolute atomic E-state index is 0.0448. The Bertz CT molecular complexity index is 1020. The predicted molar refractivity (Wildman–Crippen MR) is 115 cm³/mol. The Morgan fingerprint density at radius 3 is 2.46 bits per heavy atom. The Labute approximate surface area is 169 Å². The number of carbonyl (C=O) groups is 1. The van der Waals surface area contributed by atoms with Gasteiger partial charge in [0.1, 0.15) is 0 Å². The molecule has 0 spiro atoms. The van der Waals surface area contributed by atoms with Gasteiger partial charge in [-0.15, -0.1) is 0 Å². The van der Waals surface area contributed by atoms with Crippen molar-refractivity contribution in [1.29, 1.82) is 0 Å². The monoisotopic (exact) mass is 395 g/mol. The van der Waals surface area contributed by atoms with Crippen molar-refractivity contribution in [2.24, 2.45) is 0 Å². The van der Waals surface area contributed by atoms with Crippen LogP contribution in [-0.4, -0.2) is 27.3 Å². The number of aromatic nitrogens is 2. The molecule has 0 fully saturated rings. The van der Waals surface area contributed by atoms with E-state index in [0.29, 0.717) is 16.1 Å². The van der Waals surface area contributed by atoms with Crippen LogP contribution >= 0.6 is 11.8 Å². The molecule has 2 aromatic carbocycles. The molecule has 0 radical (unpaired) electrons. The minimum atomic E-state index is -0.127. The zero-order valence-corrected chi connectivity index (χ0v) is 17.3. The lowest BCUT2D eigenvalue weighted by Gasteiger charge is -2.16. The van der Waals surface area contributed by atoms with Crippen molar-refractivity contribution in [3.63, 3.8) is 0 Å². The maximum atomic E-state index is 13.2. The van der Waals surface area contributed by atoms with Gasteiger partial charge in [0, 0.05) is 6.04 Å². The Hall–Kier alpha value is -2.60. The number of para-hydroxylation sites is 1. The second-order valence-electron chi connectivity index (χ2n) is 6.76. The summed E-state index contributed by atoms with van der Waals surface area (Å²) < 4.78 is 1.59. The molecular formula is C22H25N3O2S. The summed E-state index contributed by atoms with van der Waals surface area (Å²) >= 11 is 1.29. The second-order valence-corrected chi connectivity index (χ2v) is 7.70. The first-order valence-electron chi connectivity index (χ1n) is 9.54. The van der Waals surface area contributed by atoms with Gasteiger partial charge in [-0.1, -0.05) is 55.4 Å². The maximum absolute atomic E-state index is 13.2. The number of hydrogen-bond donors (Lipinski definition) is 1. The standard InChI is InChI=1S/C22H25N3O2S/c1-4-16(5-2)23-20(26)14-28-22-24-19-9-7-6-8-18(19)21(27)25(22)17-12-10-15(3)11-13-17/h6-13,16H,4-5,14H2,1-3H3,(H,23,26). The van der Waals surface area contributed by atoms with E-state index < -0.39 is 0 Å². The van der Waals surface area contributed by atoms with Crippen LogP contribution in [0.4, 0.5) is 0 Å². The SMILES string of the molecule is CCC(CC)NC(=O)CSc1nc2ccccc2c(=O)n1-c1ccc(C)cc1. The van der Waals surface area contributed by atoms with Crippen LogP contribution in [0, 0.1) is 6.92 Å². The Morgan fingerprint density at radius 1 is 1.11 bits per heavy atom. The van der Waals surface area contributed by atoms with Gasteiger partial charge in [0.25, 0.3) is 5.56 Å². The Morgan fingerprint density at radius 2 is 1.79 bits per heavy atom. The molecule has 6 heteroatoms. The molecule has 28 heavy (non-hydrogen) atoms. The fraction of sp³-hybridized carbons (Fsp3) is 0.318. The van der Waals surface area contributed by atoms with E-state index in [-0.39, 0.29) is 23.3 Å². The third kappa shape index (κ3) is 4.44. The summed E-state index contributed by atoms with van der Waals surface area (Å²) in [5, 5.41) is 4.11. The zero-order valence-electron chi connectivity index (χ0n) is 16.4. The summed E-state index contributed by atoms with van der Waals surface area (Å²) in [6, 6.07) is 15.2. The van der Waals surface area contributed by atoms with Crippen LogP contribution in [0.15, 0.2) is 58.5 Å². The van der Waals surface area contributed by atoms with Gasteiger partial charge in [0.15, 0.2) is 5.16 Å². The summed E-state index contributed by atoms with van der Waals surface area (Å²) in [5.74, 6) is 0.171. The van der Waals surface area contributed by atoms with Crippen molar-refractivity contribution in [2.75, 3.05) is 5.75 Å². The molecule has 1 heterocycles. The fourth-order valence-electron chi connectivity index (χ4n) is 3.02. The average Bonchev–Trinajstić information content (AvgIpc) is 2.71. The van der Waals surface area contributed by atoms with E-state index in [1.54, 1.807) is 10.6 Å². The van der Waals surface area contributed by atoms with E-state index in [0.717, 1.165) is 24.1 Å². The number of rotatable bonds is 7. The van der Waals surface area contributed by atoms with Gasteiger partial charge < -0.3 is 5.32 Å². The number of benzene rings is 2. The third-order valence-corrected chi connectivity index (χ3v) is 5.66. The van der Waals surface area contributed by atoms with E-state index in [9.17, 15) is 9.59 Å². The number of nitrogens with zero attached hydrogens (tertiary/aromatic N) is 2. The lowest BCUT2D eigenvalue weighted by atomic mass is 10.2. The molecular weight excluding hydrogens is 370 g/mol. The second kappa shape index (κ2) is 9.06. The van der Waals surface area contributed by atoms with E-state index >= 15 is 0 Å². The van der Waals surface area contributed by atoms with Crippen LogP contribution in [0.25, 0.3) is 16.6 Å². The fourth-order valence-corrected chi connectivity index (χ4v) is 3.85. The molecule has 0 aliphatic heterocycles. The highest BCUT2D eigenvalue weighted by Gasteiger charge is 2.15. The van der Waals surface area contributed by atoms with Gasteiger partial charge >= 0.3 is 0 Å².